The van der Waals surface area contributed by atoms with Crippen molar-refractivity contribution < 1.29 is 14.3 Å². The first-order valence-corrected chi connectivity index (χ1v) is 6.57. The maximum absolute atomic E-state index is 11.8. The summed E-state index contributed by atoms with van der Waals surface area (Å²) in [6, 6.07) is 7.54. The fourth-order valence-corrected chi connectivity index (χ4v) is 2.00. The van der Waals surface area contributed by atoms with Crippen molar-refractivity contribution in [3.8, 4) is 0 Å². The molecule has 1 aliphatic heterocycles. The molecular weight excluding hydrogens is 244 g/mol. The van der Waals surface area contributed by atoms with E-state index < -0.39 is 0 Å². The van der Waals surface area contributed by atoms with Crippen LogP contribution in [0.25, 0.3) is 0 Å². The summed E-state index contributed by atoms with van der Waals surface area (Å²) in [5.74, 6) is -0.0557. The zero-order chi connectivity index (χ0) is 13.5. The van der Waals surface area contributed by atoms with Crippen molar-refractivity contribution in [2.75, 3.05) is 25.1 Å². The van der Waals surface area contributed by atoms with Gasteiger partial charge in [-0.3, -0.25) is 4.79 Å². The lowest BCUT2D eigenvalue weighted by molar-refractivity contribution is -0.117. The Morgan fingerprint density at radius 2 is 2.32 bits per heavy atom. The van der Waals surface area contributed by atoms with Gasteiger partial charge in [-0.1, -0.05) is 18.2 Å². The molecule has 1 aromatic carbocycles. The van der Waals surface area contributed by atoms with E-state index in [1.54, 1.807) is 0 Å². The summed E-state index contributed by atoms with van der Waals surface area (Å²) in [6.07, 6.45) is 1.40. The molecule has 1 aromatic rings. The van der Waals surface area contributed by atoms with Crippen LogP contribution in [0.15, 0.2) is 24.3 Å². The van der Waals surface area contributed by atoms with E-state index in [9.17, 15) is 4.79 Å². The van der Waals surface area contributed by atoms with E-state index in [4.69, 9.17) is 15.2 Å². The Morgan fingerprint density at radius 1 is 1.47 bits per heavy atom. The molecule has 2 rings (SSSR count). The van der Waals surface area contributed by atoms with Gasteiger partial charge < -0.3 is 20.5 Å². The van der Waals surface area contributed by atoms with Crippen LogP contribution in [-0.4, -0.2) is 31.8 Å². The third-order valence-corrected chi connectivity index (χ3v) is 3.08. The number of nitrogens with one attached hydrogen (secondary N) is 1. The van der Waals surface area contributed by atoms with Crippen LogP contribution in [0.1, 0.15) is 18.4 Å². The highest BCUT2D eigenvalue weighted by Crippen LogP contribution is 2.14. The lowest BCUT2D eigenvalue weighted by Crippen LogP contribution is -2.19. The van der Waals surface area contributed by atoms with Crippen molar-refractivity contribution in [3.05, 3.63) is 29.8 Å². The molecule has 104 valence electrons. The minimum atomic E-state index is -0.0557. The molecule has 5 heteroatoms. The molecule has 0 radical (unpaired) electrons. The number of hydrogen-bond donors (Lipinski definition) is 2. The summed E-state index contributed by atoms with van der Waals surface area (Å²) in [7, 11) is 0. The highest BCUT2D eigenvalue weighted by Gasteiger charge is 2.16. The van der Waals surface area contributed by atoms with Gasteiger partial charge in [0.15, 0.2) is 0 Å². The van der Waals surface area contributed by atoms with Crippen LogP contribution in [0, 0.1) is 0 Å². The Labute approximate surface area is 113 Å². The summed E-state index contributed by atoms with van der Waals surface area (Å²) in [5, 5.41) is 2.86. The molecule has 1 atom stereocenters. The molecule has 5 nitrogen and oxygen atoms in total. The van der Waals surface area contributed by atoms with Gasteiger partial charge in [-0.2, -0.15) is 0 Å². The van der Waals surface area contributed by atoms with Crippen LogP contribution in [0.3, 0.4) is 0 Å². The van der Waals surface area contributed by atoms with Crippen molar-refractivity contribution in [1.82, 2.24) is 0 Å². The topological polar surface area (TPSA) is 73.6 Å². The van der Waals surface area contributed by atoms with Crippen LogP contribution in [0.2, 0.25) is 0 Å². The predicted octanol–water partition coefficient (Wildman–Crippen LogP) is 1.28. The molecule has 1 aliphatic rings. The third-order valence-electron chi connectivity index (χ3n) is 3.08. The number of amides is 1. The van der Waals surface area contributed by atoms with E-state index in [1.165, 1.54) is 0 Å². The molecular formula is C14H20N2O3. The van der Waals surface area contributed by atoms with Crippen molar-refractivity contribution in [2.24, 2.45) is 5.73 Å². The number of anilines is 1. The number of benzene rings is 1. The second kappa shape index (κ2) is 7.23. The van der Waals surface area contributed by atoms with Gasteiger partial charge in [-0.05, 0) is 18.1 Å². The minimum absolute atomic E-state index is 0.0557. The van der Waals surface area contributed by atoms with Crippen LogP contribution < -0.4 is 11.1 Å². The number of rotatable bonds is 6. The molecule has 0 bridgehead atoms. The summed E-state index contributed by atoms with van der Waals surface area (Å²) >= 11 is 0. The quantitative estimate of drug-likeness (QED) is 0.811. The molecule has 1 unspecified atom stereocenters. The number of nitrogens with two attached hydrogens (primary N) is 1. The van der Waals surface area contributed by atoms with Crippen LogP contribution in [0.4, 0.5) is 5.69 Å². The average Bonchev–Trinajstić information content (AvgIpc) is 2.92. The largest absolute Gasteiger partial charge is 0.379 e. The molecule has 0 aliphatic carbocycles. The maximum Gasteiger partial charge on any atom is 0.226 e. The van der Waals surface area contributed by atoms with Crippen LogP contribution in [-0.2, 0) is 20.8 Å². The zero-order valence-corrected chi connectivity index (χ0v) is 10.9. The Balaban J connectivity index is 1.74. The van der Waals surface area contributed by atoms with E-state index in [0.717, 1.165) is 24.3 Å². The van der Waals surface area contributed by atoms with E-state index in [-0.39, 0.29) is 12.0 Å². The van der Waals surface area contributed by atoms with Gasteiger partial charge in [-0.15, -0.1) is 0 Å². The normalized spacial score (nSPS) is 18.5. The fourth-order valence-electron chi connectivity index (χ4n) is 2.00. The number of carbonyl (C=O) groups excluding carboxylic acids is 1. The van der Waals surface area contributed by atoms with Gasteiger partial charge in [0, 0.05) is 18.8 Å². The number of ether oxygens (including phenoxy) is 2. The number of para-hydroxylation sites is 1. The fraction of sp³-hybridized carbons (Fsp3) is 0.500. The summed E-state index contributed by atoms with van der Waals surface area (Å²) in [5.41, 5.74) is 7.33. The Morgan fingerprint density at radius 3 is 3.05 bits per heavy atom. The minimum Gasteiger partial charge on any atom is -0.379 e. The molecule has 1 fully saturated rings. The summed E-state index contributed by atoms with van der Waals surface area (Å²) < 4.78 is 10.8. The first kappa shape index (κ1) is 14.0. The van der Waals surface area contributed by atoms with Crippen molar-refractivity contribution in [1.29, 1.82) is 0 Å². The van der Waals surface area contributed by atoms with E-state index in [2.05, 4.69) is 5.32 Å². The Hall–Kier alpha value is -1.43. The van der Waals surface area contributed by atoms with Crippen molar-refractivity contribution >= 4 is 11.6 Å². The monoisotopic (exact) mass is 264 g/mol. The molecule has 1 heterocycles. The first-order valence-electron chi connectivity index (χ1n) is 6.57. The lowest BCUT2D eigenvalue weighted by Gasteiger charge is -2.11. The van der Waals surface area contributed by atoms with Crippen LogP contribution in [0.5, 0.6) is 0 Å². The highest BCUT2D eigenvalue weighted by molar-refractivity contribution is 5.91. The maximum atomic E-state index is 11.8. The first-order chi connectivity index (χ1) is 9.29. The van der Waals surface area contributed by atoms with Crippen molar-refractivity contribution in [2.45, 2.75) is 25.5 Å². The molecule has 1 amide bonds. The average molecular weight is 264 g/mol. The van der Waals surface area contributed by atoms with Gasteiger partial charge in [0.2, 0.25) is 5.91 Å². The molecule has 0 aromatic heterocycles. The number of hydrogen-bond acceptors (Lipinski definition) is 4. The smallest absolute Gasteiger partial charge is 0.226 e. The summed E-state index contributed by atoms with van der Waals surface area (Å²) in [4.78, 5) is 11.8. The molecule has 19 heavy (non-hydrogen) atoms. The molecule has 0 spiro atoms. The second-order valence-corrected chi connectivity index (χ2v) is 4.52. The Kier molecular flexibility index (Phi) is 5.32. The number of carbonyl (C=O) groups is 1. The Bertz CT molecular complexity index is 417. The van der Waals surface area contributed by atoms with Crippen molar-refractivity contribution in [3.63, 3.8) is 0 Å². The summed E-state index contributed by atoms with van der Waals surface area (Å²) in [6.45, 7) is 2.22. The van der Waals surface area contributed by atoms with Gasteiger partial charge in [0.05, 0.1) is 25.7 Å². The predicted molar refractivity (Wildman–Crippen MR) is 72.8 cm³/mol. The van der Waals surface area contributed by atoms with Gasteiger partial charge >= 0.3 is 0 Å². The molecule has 0 saturated carbocycles. The zero-order valence-electron chi connectivity index (χ0n) is 10.9. The SMILES string of the molecule is NCc1ccccc1NC(=O)CCOC1CCOC1. The standard InChI is InChI=1S/C14H20N2O3/c15-9-11-3-1-2-4-13(11)16-14(17)6-8-19-12-5-7-18-10-12/h1-4,12H,5-10,15H2,(H,16,17). The highest BCUT2D eigenvalue weighted by atomic mass is 16.5. The van der Waals surface area contributed by atoms with E-state index >= 15 is 0 Å². The lowest BCUT2D eigenvalue weighted by atomic mass is 10.2. The van der Waals surface area contributed by atoms with Gasteiger partial charge in [0.25, 0.3) is 0 Å². The second-order valence-electron chi connectivity index (χ2n) is 4.52. The van der Waals surface area contributed by atoms with E-state index in [0.29, 0.717) is 26.2 Å². The third kappa shape index (κ3) is 4.31. The van der Waals surface area contributed by atoms with Gasteiger partial charge in [-0.25, -0.2) is 0 Å². The molecule has 3 N–H and O–H groups in total. The van der Waals surface area contributed by atoms with Gasteiger partial charge in [0.1, 0.15) is 0 Å². The van der Waals surface area contributed by atoms with Crippen LogP contribution >= 0.6 is 0 Å². The molecule has 1 saturated heterocycles. The van der Waals surface area contributed by atoms with E-state index in [1.807, 2.05) is 24.3 Å².